The fourth-order valence-corrected chi connectivity index (χ4v) is 7.62. The molecule has 9 heteroatoms. The first-order valence-electron chi connectivity index (χ1n) is 13.6. The van der Waals surface area contributed by atoms with E-state index in [1.165, 1.54) is 19.3 Å². The van der Waals surface area contributed by atoms with Gasteiger partial charge in [-0.05, 0) is 100 Å². The van der Waals surface area contributed by atoms with Crippen LogP contribution < -0.4 is 15.5 Å². The van der Waals surface area contributed by atoms with E-state index in [0.29, 0.717) is 11.9 Å². The minimum atomic E-state index is -0.162. The zero-order valence-electron chi connectivity index (χ0n) is 21.7. The summed E-state index contributed by atoms with van der Waals surface area (Å²) in [5.74, 6) is 3.20. The quantitative estimate of drug-likeness (QED) is 0.446. The number of carbonyl (C=O) groups excluding carboxylic acids is 1. The molecule has 0 unspecified atom stereocenters. The molecule has 7 rings (SSSR count). The van der Waals surface area contributed by atoms with Crippen molar-refractivity contribution >= 4 is 35.2 Å². The molecule has 5 fully saturated rings. The van der Waals surface area contributed by atoms with E-state index in [1.807, 2.05) is 44.2 Å². The maximum Gasteiger partial charge on any atom is 0.321 e. The number of aliphatic imine (C=N–C) groups is 1. The van der Waals surface area contributed by atoms with Gasteiger partial charge >= 0.3 is 6.03 Å². The first-order chi connectivity index (χ1) is 17.8. The first-order valence-corrected chi connectivity index (χ1v) is 14.0. The first kappa shape index (κ1) is 24.5. The van der Waals surface area contributed by atoms with Crippen molar-refractivity contribution in [3.8, 4) is 0 Å². The molecule has 0 atom stereocenters. The van der Waals surface area contributed by atoms with Crippen molar-refractivity contribution in [1.82, 2.24) is 25.5 Å². The Morgan fingerprint density at radius 3 is 2.08 bits per heavy atom. The molecule has 1 aromatic carbocycles. The SMILES string of the molecule is Cc1cc(C)nc(/N=C(/NC(=O)NC23CC4CC(CC(C4)C2)C3)N2CCN(c3ccc(Cl)cc3)CC2)n1. The highest BCUT2D eigenvalue weighted by atomic mass is 35.5. The summed E-state index contributed by atoms with van der Waals surface area (Å²) < 4.78 is 0. The smallest absolute Gasteiger partial charge is 0.321 e. The Hall–Kier alpha value is -2.87. The molecule has 4 aliphatic carbocycles. The molecule has 2 heterocycles. The Labute approximate surface area is 223 Å². The summed E-state index contributed by atoms with van der Waals surface area (Å²) in [5.41, 5.74) is 2.80. The van der Waals surface area contributed by atoms with Gasteiger partial charge in [0.2, 0.25) is 5.96 Å². The third-order valence-corrected chi connectivity index (χ3v) is 8.84. The number of halogens is 1. The number of aromatic nitrogens is 2. The lowest BCUT2D eigenvalue weighted by atomic mass is 9.53. The number of aryl methyl sites for hydroxylation is 2. The summed E-state index contributed by atoms with van der Waals surface area (Å²) in [6, 6.07) is 9.70. The predicted octanol–water partition coefficient (Wildman–Crippen LogP) is 4.82. The fourth-order valence-electron chi connectivity index (χ4n) is 7.50. The van der Waals surface area contributed by atoms with Crippen LogP contribution in [0.1, 0.15) is 49.9 Å². The van der Waals surface area contributed by atoms with Gasteiger partial charge in [-0.25, -0.2) is 14.8 Å². The van der Waals surface area contributed by atoms with Gasteiger partial charge in [-0.1, -0.05) is 11.6 Å². The second-order valence-corrected chi connectivity index (χ2v) is 12.1. The second-order valence-electron chi connectivity index (χ2n) is 11.6. The molecule has 0 radical (unpaired) electrons. The Morgan fingerprint density at radius 1 is 0.946 bits per heavy atom. The summed E-state index contributed by atoms with van der Waals surface area (Å²) in [4.78, 5) is 31.7. The molecule has 8 nitrogen and oxygen atoms in total. The van der Waals surface area contributed by atoms with Gasteiger partial charge in [0.1, 0.15) is 0 Å². The van der Waals surface area contributed by atoms with Crippen molar-refractivity contribution < 1.29 is 4.79 Å². The van der Waals surface area contributed by atoms with Crippen LogP contribution in [-0.2, 0) is 0 Å². The molecule has 196 valence electrons. The largest absolute Gasteiger partial charge is 0.368 e. The lowest BCUT2D eigenvalue weighted by Crippen LogP contribution is -2.63. The average molecular weight is 522 g/mol. The zero-order chi connectivity index (χ0) is 25.6. The number of hydrogen-bond donors (Lipinski definition) is 2. The molecule has 1 saturated heterocycles. The highest BCUT2D eigenvalue weighted by molar-refractivity contribution is 6.30. The van der Waals surface area contributed by atoms with Crippen LogP contribution in [0.2, 0.25) is 5.02 Å². The number of piperazine rings is 1. The number of urea groups is 1. The molecule has 1 aromatic heterocycles. The fraction of sp³-hybridized carbons (Fsp3) is 0.571. The van der Waals surface area contributed by atoms with Gasteiger partial charge in [0.15, 0.2) is 0 Å². The number of guanidine groups is 1. The van der Waals surface area contributed by atoms with Gasteiger partial charge in [-0.15, -0.1) is 0 Å². The van der Waals surface area contributed by atoms with Crippen LogP contribution in [0.15, 0.2) is 35.3 Å². The molecule has 5 aliphatic rings. The van der Waals surface area contributed by atoms with E-state index in [9.17, 15) is 4.79 Å². The van der Waals surface area contributed by atoms with Gasteiger partial charge in [0.05, 0.1) is 0 Å². The second kappa shape index (κ2) is 9.78. The van der Waals surface area contributed by atoms with Crippen LogP contribution in [0.4, 0.5) is 16.4 Å². The summed E-state index contributed by atoms with van der Waals surface area (Å²) in [7, 11) is 0. The zero-order valence-corrected chi connectivity index (χ0v) is 22.5. The van der Waals surface area contributed by atoms with E-state index >= 15 is 0 Å². The van der Waals surface area contributed by atoms with E-state index in [2.05, 4.69) is 30.4 Å². The molecule has 4 bridgehead atoms. The van der Waals surface area contributed by atoms with Crippen LogP contribution in [0, 0.1) is 31.6 Å². The molecule has 2 aromatic rings. The highest BCUT2D eigenvalue weighted by Gasteiger charge is 2.51. The van der Waals surface area contributed by atoms with E-state index in [1.54, 1.807) is 0 Å². The molecule has 1 aliphatic heterocycles. The van der Waals surface area contributed by atoms with E-state index in [0.717, 1.165) is 85.3 Å². The van der Waals surface area contributed by atoms with Crippen molar-refractivity contribution in [3.63, 3.8) is 0 Å². The molecule has 4 saturated carbocycles. The predicted molar refractivity (Wildman–Crippen MR) is 146 cm³/mol. The lowest BCUT2D eigenvalue weighted by Gasteiger charge is -2.56. The molecular weight excluding hydrogens is 486 g/mol. The van der Waals surface area contributed by atoms with E-state index < -0.39 is 0 Å². The van der Waals surface area contributed by atoms with Crippen molar-refractivity contribution in [2.24, 2.45) is 22.7 Å². The Bertz CT molecular complexity index is 1130. The third kappa shape index (κ3) is 5.40. The molecule has 37 heavy (non-hydrogen) atoms. The number of nitrogens with one attached hydrogen (secondary N) is 2. The number of amides is 2. The number of anilines is 1. The summed E-state index contributed by atoms with van der Waals surface area (Å²) in [6.45, 7) is 6.95. The Kier molecular flexibility index (Phi) is 6.47. The maximum absolute atomic E-state index is 13.4. The number of nitrogens with zero attached hydrogens (tertiary/aromatic N) is 5. The van der Waals surface area contributed by atoms with Crippen LogP contribution >= 0.6 is 11.6 Å². The van der Waals surface area contributed by atoms with Crippen LogP contribution in [0.3, 0.4) is 0 Å². The number of carbonyl (C=O) groups is 1. The van der Waals surface area contributed by atoms with Gasteiger partial charge in [0, 0.05) is 53.8 Å². The van der Waals surface area contributed by atoms with Crippen molar-refractivity contribution in [2.45, 2.75) is 57.9 Å². The van der Waals surface area contributed by atoms with E-state index in [4.69, 9.17) is 16.6 Å². The molecular formula is C28H36ClN7O. The van der Waals surface area contributed by atoms with Crippen LogP contribution in [0.5, 0.6) is 0 Å². The highest BCUT2D eigenvalue weighted by Crippen LogP contribution is 2.55. The van der Waals surface area contributed by atoms with Crippen LogP contribution in [-0.4, -0.2) is 58.6 Å². The number of benzene rings is 1. The van der Waals surface area contributed by atoms with Gasteiger partial charge < -0.3 is 15.1 Å². The van der Waals surface area contributed by atoms with E-state index in [-0.39, 0.29) is 11.6 Å². The van der Waals surface area contributed by atoms with Crippen molar-refractivity contribution in [1.29, 1.82) is 0 Å². The Morgan fingerprint density at radius 2 is 1.51 bits per heavy atom. The number of rotatable bonds is 3. The minimum absolute atomic E-state index is 0.0619. The average Bonchev–Trinajstić information content (AvgIpc) is 2.82. The van der Waals surface area contributed by atoms with Gasteiger partial charge in [-0.2, -0.15) is 4.99 Å². The monoisotopic (exact) mass is 521 g/mol. The van der Waals surface area contributed by atoms with Crippen molar-refractivity contribution in [3.05, 3.63) is 46.7 Å². The summed E-state index contributed by atoms with van der Waals surface area (Å²) >= 11 is 6.07. The molecule has 0 spiro atoms. The molecule has 2 amide bonds. The lowest BCUT2D eigenvalue weighted by molar-refractivity contribution is -0.0133. The summed E-state index contributed by atoms with van der Waals surface area (Å²) in [5, 5.41) is 7.28. The standard InChI is InChI=1S/C28H36ClN7O/c1-18-11-19(2)31-25(30-18)32-26(36-9-7-35(8-10-36)24-5-3-23(29)4-6-24)33-27(37)34-28-15-20-12-21(16-28)14-22(13-20)17-28/h3-6,11,20-22H,7-10,12-17H2,1-2H3,(H2,30,31,32,33,34,37). The minimum Gasteiger partial charge on any atom is -0.368 e. The van der Waals surface area contributed by atoms with Gasteiger partial charge in [0.25, 0.3) is 5.95 Å². The Balaban J connectivity index is 1.19. The summed E-state index contributed by atoms with van der Waals surface area (Å²) in [6.07, 6.45) is 7.36. The number of hydrogen-bond acceptors (Lipinski definition) is 5. The van der Waals surface area contributed by atoms with Crippen molar-refractivity contribution in [2.75, 3.05) is 31.1 Å². The third-order valence-electron chi connectivity index (χ3n) is 8.59. The van der Waals surface area contributed by atoms with Crippen LogP contribution in [0.25, 0.3) is 0 Å². The topological polar surface area (TPSA) is 85.7 Å². The molecule has 2 N–H and O–H groups in total. The maximum atomic E-state index is 13.4. The normalized spacial score (nSPS) is 28.9. The van der Waals surface area contributed by atoms with Gasteiger partial charge in [-0.3, -0.25) is 5.32 Å².